The molecular formula is C13H19NO3. The molecule has 0 aromatic rings. The Morgan fingerprint density at radius 2 is 2.00 bits per heavy atom. The van der Waals surface area contributed by atoms with E-state index in [-0.39, 0.29) is 17.7 Å². The van der Waals surface area contributed by atoms with Crippen LogP contribution in [0.2, 0.25) is 0 Å². The second-order valence-electron chi connectivity index (χ2n) is 4.94. The summed E-state index contributed by atoms with van der Waals surface area (Å²) in [6.45, 7) is 1.12. The quantitative estimate of drug-likeness (QED) is 0.743. The fourth-order valence-electron chi connectivity index (χ4n) is 2.65. The molecule has 0 spiro atoms. The van der Waals surface area contributed by atoms with Crippen LogP contribution in [0.25, 0.3) is 0 Å². The summed E-state index contributed by atoms with van der Waals surface area (Å²) in [5.74, 6) is -0.911. The number of carboxylic acids is 1. The van der Waals surface area contributed by atoms with Gasteiger partial charge in [-0.05, 0) is 32.1 Å². The zero-order valence-corrected chi connectivity index (χ0v) is 9.97. The molecule has 1 heterocycles. The van der Waals surface area contributed by atoms with Crippen molar-refractivity contribution < 1.29 is 14.7 Å². The van der Waals surface area contributed by atoms with Crippen molar-refractivity contribution in [3.63, 3.8) is 0 Å². The van der Waals surface area contributed by atoms with Crippen LogP contribution in [0.3, 0.4) is 0 Å². The third-order valence-electron chi connectivity index (χ3n) is 3.70. The average Bonchev–Trinajstić information content (AvgIpc) is 2.39. The van der Waals surface area contributed by atoms with Crippen molar-refractivity contribution in [3.05, 3.63) is 12.2 Å². The third-order valence-corrected chi connectivity index (χ3v) is 3.70. The van der Waals surface area contributed by atoms with Crippen LogP contribution in [0.1, 0.15) is 32.1 Å². The third kappa shape index (κ3) is 2.87. The normalized spacial score (nSPS) is 29.1. The molecule has 0 bridgehead atoms. The second kappa shape index (κ2) is 5.34. The van der Waals surface area contributed by atoms with Gasteiger partial charge in [0.05, 0.1) is 5.92 Å². The second-order valence-corrected chi connectivity index (χ2v) is 4.94. The largest absolute Gasteiger partial charge is 0.481 e. The van der Waals surface area contributed by atoms with E-state index in [9.17, 15) is 9.59 Å². The lowest BCUT2D eigenvalue weighted by atomic mass is 9.91. The number of nitrogens with zero attached hydrogens (tertiary/aromatic N) is 1. The number of carbonyl (C=O) groups is 2. The lowest BCUT2D eigenvalue weighted by Crippen LogP contribution is -2.45. The molecule has 1 fully saturated rings. The smallest absolute Gasteiger partial charge is 0.308 e. The van der Waals surface area contributed by atoms with Gasteiger partial charge in [0.2, 0.25) is 5.91 Å². The molecule has 1 amide bonds. The summed E-state index contributed by atoms with van der Waals surface area (Å²) in [7, 11) is 0. The van der Waals surface area contributed by atoms with E-state index < -0.39 is 5.97 Å². The number of piperidine rings is 1. The van der Waals surface area contributed by atoms with Crippen LogP contribution in [-0.2, 0) is 9.59 Å². The Morgan fingerprint density at radius 1 is 1.18 bits per heavy atom. The van der Waals surface area contributed by atoms with Gasteiger partial charge < -0.3 is 10.0 Å². The average molecular weight is 237 g/mol. The minimum Gasteiger partial charge on any atom is -0.481 e. The van der Waals surface area contributed by atoms with E-state index in [0.29, 0.717) is 13.0 Å². The van der Waals surface area contributed by atoms with Crippen molar-refractivity contribution in [2.45, 2.75) is 32.1 Å². The van der Waals surface area contributed by atoms with Crippen LogP contribution in [0.15, 0.2) is 12.2 Å². The van der Waals surface area contributed by atoms with Gasteiger partial charge in [-0.15, -0.1) is 0 Å². The highest BCUT2D eigenvalue weighted by Crippen LogP contribution is 2.24. The zero-order chi connectivity index (χ0) is 12.3. The maximum Gasteiger partial charge on any atom is 0.308 e. The summed E-state index contributed by atoms with van der Waals surface area (Å²) >= 11 is 0. The van der Waals surface area contributed by atoms with Crippen molar-refractivity contribution in [1.29, 1.82) is 0 Å². The Bertz CT molecular complexity index is 338. The van der Waals surface area contributed by atoms with Gasteiger partial charge in [0, 0.05) is 19.0 Å². The molecule has 1 saturated heterocycles. The topological polar surface area (TPSA) is 57.6 Å². The Kier molecular flexibility index (Phi) is 3.82. The number of amides is 1. The van der Waals surface area contributed by atoms with Crippen molar-refractivity contribution in [3.8, 4) is 0 Å². The van der Waals surface area contributed by atoms with Gasteiger partial charge in [-0.3, -0.25) is 9.59 Å². The minimum absolute atomic E-state index is 0.0764. The van der Waals surface area contributed by atoms with E-state index in [2.05, 4.69) is 12.2 Å². The standard InChI is InChI=1S/C13H19NO3/c15-12(10-5-2-1-3-6-10)14-8-4-7-11(9-14)13(16)17/h1-2,10-11H,3-9H2,(H,16,17)/t10-,11+/m1/s1. The van der Waals surface area contributed by atoms with Gasteiger partial charge in [0.1, 0.15) is 0 Å². The number of likely N-dealkylation sites (tertiary alicyclic amines) is 1. The minimum atomic E-state index is -0.772. The molecule has 1 N–H and O–H groups in total. The molecular weight excluding hydrogens is 218 g/mol. The van der Waals surface area contributed by atoms with E-state index in [1.54, 1.807) is 4.90 Å². The fourth-order valence-corrected chi connectivity index (χ4v) is 2.65. The summed E-state index contributed by atoms with van der Waals surface area (Å²) in [5, 5.41) is 9.00. The number of carbonyl (C=O) groups excluding carboxylic acids is 1. The molecule has 0 saturated carbocycles. The van der Waals surface area contributed by atoms with E-state index in [1.165, 1.54) is 0 Å². The lowest BCUT2D eigenvalue weighted by Gasteiger charge is -2.33. The van der Waals surface area contributed by atoms with E-state index in [1.807, 2.05) is 0 Å². The number of aliphatic carboxylic acids is 1. The summed E-state index contributed by atoms with van der Waals surface area (Å²) < 4.78 is 0. The maximum absolute atomic E-state index is 12.2. The summed E-state index contributed by atoms with van der Waals surface area (Å²) in [4.78, 5) is 24.9. The van der Waals surface area contributed by atoms with Crippen molar-refractivity contribution >= 4 is 11.9 Å². The van der Waals surface area contributed by atoms with Gasteiger partial charge in [0.25, 0.3) is 0 Å². The van der Waals surface area contributed by atoms with E-state index >= 15 is 0 Å². The van der Waals surface area contributed by atoms with Crippen LogP contribution in [0, 0.1) is 11.8 Å². The first-order valence-electron chi connectivity index (χ1n) is 6.35. The maximum atomic E-state index is 12.2. The van der Waals surface area contributed by atoms with Gasteiger partial charge >= 0.3 is 5.97 Å². The Balaban J connectivity index is 1.94. The SMILES string of the molecule is O=C(O)[C@H]1CCCN(C(=O)[C@@H]2CC=CCC2)C1. The van der Waals surface area contributed by atoms with Gasteiger partial charge in [-0.25, -0.2) is 0 Å². The van der Waals surface area contributed by atoms with Crippen LogP contribution in [0.5, 0.6) is 0 Å². The summed E-state index contributed by atoms with van der Waals surface area (Å²) in [6, 6.07) is 0. The first-order valence-corrected chi connectivity index (χ1v) is 6.35. The number of rotatable bonds is 2. The number of carboxylic acid groups (broad SMARTS) is 1. The monoisotopic (exact) mass is 237 g/mol. The number of hydrogen-bond donors (Lipinski definition) is 1. The predicted molar refractivity (Wildman–Crippen MR) is 63.4 cm³/mol. The zero-order valence-electron chi connectivity index (χ0n) is 9.97. The Hall–Kier alpha value is -1.32. The first kappa shape index (κ1) is 12.1. The molecule has 4 nitrogen and oxygen atoms in total. The van der Waals surface area contributed by atoms with Crippen LogP contribution in [-0.4, -0.2) is 35.0 Å². The fraction of sp³-hybridized carbons (Fsp3) is 0.692. The van der Waals surface area contributed by atoms with Crippen LogP contribution in [0.4, 0.5) is 0 Å². The molecule has 0 aromatic carbocycles. The molecule has 0 radical (unpaired) electrons. The number of hydrogen-bond acceptors (Lipinski definition) is 2. The highest BCUT2D eigenvalue weighted by molar-refractivity contribution is 5.80. The highest BCUT2D eigenvalue weighted by Gasteiger charge is 2.31. The van der Waals surface area contributed by atoms with E-state index in [4.69, 9.17) is 5.11 Å². The molecule has 4 heteroatoms. The Morgan fingerprint density at radius 3 is 2.65 bits per heavy atom. The van der Waals surface area contributed by atoms with Crippen molar-refractivity contribution in [2.24, 2.45) is 11.8 Å². The molecule has 2 aliphatic rings. The van der Waals surface area contributed by atoms with E-state index in [0.717, 1.165) is 32.2 Å². The molecule has 1 aliphatic carbocycles. The molecule has 0 unspecified atom stereocenters. The first-order chi connectivity index (χ1) is 8.18. The molecule has 1 aliphatic heterocycles. The highest BCUT2D eigenvalue weighted by atomic mass is 16.4. The molecule has 0 aromatic heterocycles. The van der Waals surface area contributed by atoms with Crippen molar-refractivity contribution in [2.75, 3.05) is 13.1 Å². The predicted octanol–water partition coefficient (Wildman–Crippen LogP) is 1.67. The van der Waals surface area contributed by atoms with Crippen LogP contribution >= 0.6 is 0 Å². The summed E-state index contributed by atoms with van der Waals surface area (Å²) in [6.07, 6.45) is 8.36. The van der Waals surface area contributed by atoms with Crippen LogP contribution < -0.4 is 0 Å². The van der Waals surface area contributed by atoms with Gasteiger partial charge in [-0.2, -0.15) is 0 Å². The Labute approximate surface area is 101 Å². The molecule has 94 valence electrons. The lowest BCUT2D eigenvalue weighted by molar-refractivity contribution is -0.146. The van der Waals surface area contributed by atoms with Crippen molar-refractivity contribution in [1.82, 2.24) is 4.90 Å². The number of allylic oxidation sites excluding steroid dienone is 2. The molecule has 17 heavy (non-hydrogen) atoms. The van der Waals surface area contributed by atoms with Gasteiger partial charge in [-0.1, -0.05) is 12.2 Å². The molecule has 2 atom stereocenters. The summed E-state index contributed by atoms with van der Waals surface area (Å²) in [5.41, 5.74) is 0. The molecule has 2 rings (SSSR count). The van der Waals surface area contributed by atoms with Gasteiger partial charge in [0.15, 0.2) is 0 Å².